The van der Waals surface area contributed by atoms with Crippen molar-refractivity contribution < 1.29 is 0 Å². The number of hydrogen-bond donors (Lipinski definition) is 1. The first kappa shape index (κ1) is 14.0. The summed E-state index contributed by atoms with van der Waals surface area (Å²) in [5, 5.41) is 9.44. The highest BCUT2D eigenvalue weighted by atomic mass is 35.5. The van der Waals surface area contributed by atoms with Crippen LogP contribution in [0.1, 0.15) is 18.9 Å². The number of rotatable bonds is 5. The number of nitrogens with zero attached hydrogens (tertiary/aromatic N) is 3. The molecule has 0 aliphatic rings. The lowest BCUT2D eigenvalue weighted by atomic mass is 10.1. The molecule has 2 heterocycles. The molecule has 0 bridgehead atoms. The van der Waals surface area contributed by atoms with E-state index in [1.54, 1.807) is 17.1 Å². The Balaban J connectivity index is 2.07. The molecule has 2 aromatic heterocycles. The second-order valence-electron chi connectivity index (χ2n) is 4.94. The van der Waals surface area contributed by atoms with Gasteiger partial charge in [0.05, 0.1) is 22.9 Å². The van der Waals surface area contributed by atoms with E-state index in [0.29, 0.717) is 5.02 Å². The Hall–Kier alpha value is -1.91. The second-order valence-corrected chi connectivity index (χ2v) is 5.38. The summed E-state index contributed by atoms with van der Waals surface area (Å²) in [5.74, 6) is 0.823. The molecule has 0 unspecified atom stereocenters. The molecule has 0 aliphatic carbocycles. The molecule has 0 aliphatic heterocycles. The average Bonchev–Trinajstić information content (AvgIpc) is 2.93. The smallest absolute Gasteiger partial charge is 0.158 e. The summed E-state index contributed by atoms with van der Waals surface area (Å²) in [4.78, 5) is 4.74. The molecule has 0 fully saturated rings. The molecule has 4 nitrogen and oxygen atoms in total. The van der Waals surface area contributed by atoms with Crippen molar-refractivity contribution in [3.63, 3.8) is 0 Å². The Morgan fingerprint density at radius 3 is 2.90 bits per heavy atom. The van der Waals surface area contributed by atoms with Gasteiger partial charge in [-0.2, -0.15) is 5.10 Å². The normalized spacial score (nSPS) is 11.1. The third kappa shape index (κ3) is 3.06. The van der Waals surface area contributed by atoms with Crippen LogP contribution in [0.25, 0.3) is 16.7 Å². The first-order chi connectivity index (χ1) is 10.3. The van der Waals surface area contributed by atoms with Gasteiger partial charge in [0.25, 0.3) is 0 Å². The third-order valence-electron chi connectivity index (χ3n) is 3.29. The van der Waals surface area contributed by atoms with Gasteiger partial charge in [-0.1, -0.05) is 36.7 Å². The van der Waals surface area contributed by atoms with Gasteiger partial charge in [0.15, 0.2) is 5.82 Å². The number of nitrogens with one attached hydrogen (secondary N) is 1. The van der Waals surface area contributed by atoms with Crippen molar-refractivity contribution in [3.05, 3.63) is 53.3 Å². The van der Waals surface area contributed by atoms with Crippen molar-refractivity contribution in [2.24, 2.45) is 0 Å². The molecule has 108 valence electrons. The van der Waals surface area contributed by atoms with Crippen LogP contribution < -0.4 is 5.32 Å². The maximum absolute atomic E-state index is 5.98. The molecule has 0 amide bonds. The Kier molecular flexibility index (Phi) is 4.18. The van der Waals surface area contributed by atoms with Crippen LogP contribution in [0.2, 0.25) is 5.02 Å². The van der Waals surface area contributed by atoms with Crippen molar-refractivity contribution in [1.29, 1.82) is 0 Å². The van der Waals surface area contributed by atoms with E-state index in [1.807, 2.05) is 18.2 Å². The Labute approximate surface area is 128 Å². The zero-order valence-corrected chi connectivity index (χ0v) is 12.6. The highest BCUT2D eigenvalue weighted by molar-refractivity contribution is 6.30. The molecule has 0 spiro atoms. The zero-order valence-electron chi connectivity index (χ0n) is 11.9. The Bertz CT molecular complexity index is 751. The minimum absolute atomic E-state index is 0.609. The van der Waals surface area contributed by atoms with E-state index in [2.05, 4.69) is 29.5 Å². The molecule has 0 saturated heterocycles. The molecule has 0 radical (unpaired) electrons. The number of halogens is 1. The van der Waals surface area contributed by atoms with Gasteiger partial charge in [-0.3, -0.25) is 0 Å². The maximum atomic E-state index is 5.98. The predicted octanol–water partition coefficient (Wildman–Crippen LogP) is 3.57. The van der Waals surface area contributed by atoms with Crippen molar-refractivity contribution in [3.8, 4) is 5.82 Å². The van der Waals surface area contributed by atoms with E-state index in [0.717, 1.165) is 41.8 Å². The van der Waals surface area contributed by atoms with Gasteiger partial charge in [-0.15, -0.1) is 0 Å². The summed E-state index contributed by atoms with van der Waals surface area (Å²) in [6, 6.07) is 10.3. The monoisotopic (exact) mass is 300 g/mol. The number of benzene rings is 1. The summed E-state index contributed by atoms with van der Waals surface area (Å²) in [6.07, 6.45) is 4.51. The highest BCUT2D eigenvalue weighted by Crippen LogP contribution is 2.20. The largest absolute Gasteiger partial charge is 0.313 e. The van der Waals surface area contributed by atoms with Crippen molar-refractivity contribution >= 4 is 22.5 Å². The highest BCUT2D eigenvalue weighted by Gasteiger charge is 2.10. The van der Waals surface area contributed by atoms with Crippen LogP contribution in [-0.2, 0) is 6.54 Å². The van der Waals surface area contributed by atoms with Gasteiger partial charge in [-0.05, 0) is 25.1 Å². The van der Waals surface area contributed by atoms with E-state index in [1.165, 1.54) is 0 Å². The van der Waals surface area contributed by atoms with Gasteiger partial charge >= 0.3 is 0 Å². The van der Waals surface area contributed by atoms with Gasteiger partial charge in [0.1, 0.15) is 0 Å². The average molecular weight is 301 g/mol. The molecule has 5 heteroatoms. The number of para-hydroxylation sites is 1. The quantitative estimate of drug-likeness (QED) is 0.733. The molecule has 3 aromatic rings. The number of aromatic nitrogens is 3. The summed E-state index contributed by atoms with van der Waals surface area (Å²) >= 11 is 5.98. The summed E-state index contributed by atoms with van der Waals surface area (Å²) in [6.45, 7) is 3.89. The lowest BCUT2D eigenvalue weighted by Crippen LogP contribution is -2.16. The van der Waals surface area contributed by atoms with E-state index >= 15 is 0 Å². The zero-order chi connectivity index (χ0) is 14.7. The minimum Gasteiger partial charge on any atom is -0.313 e. The van der Waals surface area contributed by atoms with Gasteiger partial charge < -0.3 is 5.32 Å². The lowest BCUT2D eigenvalue weighted by molar-refractivity contribution is 0.668. The van der Waals surface area contributed by atoms with E-state index in [9.17, 15) is 0 Å². The molecular formula is C16H17ClN4. The van der Waals surface area contributed by atoms with Gasteiger partial charge in [0.2, 0.25) is 0 Å². The molecule has 1 N–H and O–H groups in total. The van der Waals surface area contributed by atoms with Crippen LogP contribution in [0.3, 0.4) is 0 Å². The third-order valence-corrected chi connectivity index (χ3v) is 3.49. The van der Waals surface area contributed by atoms with Crippen LogP contribution >= 0.6 is 11.6 Å². The van der Waals surface area contributed by atoms with E-state index in [4.69, 9.17) is 16.6 Å². The van der Waals surface area contributed by atoms with Crippen LogP contribution in [0.5, 0.6) is 0 Å². The maximum Gasteiger partial charge on any atom is 0.158 e. The first-order valence-corrected chi connectivity index (χ1v) is 7.45. The van der Waals surface area contributed by atoms with Crippen LogP contribution in [0, 0.1) is 0 Å². The predicted molar refractivity (Wildman–Crippen MR) is 85.9 cm³/mol. The van der Waals surface area contributed by atoms with Crippen LogP contribution in [0.4, 0.5) is 0 Å². The fourth-order valence-electron chi connectivity index (χ4n) is 2.29. The number of hydrogen-bond acceptors (Lipinski definition) is 3. The molecule has 0 saturated carbocycles. The molecule has 1 aromatic carbocycles. The van der Waals surface area contributed by atoms with Crippen LogP contribution in [0.15, 0.2) is 42.7 Å². The standard InChI is InChI=1S/C16H17ClN4/c1-2-7-18-9-13-8-12-5-3-4-6-15(12)20-16(13)21-11-14(17)10-19-21/h3-6,8,10-11,18H,2,7,9H2,1H3. The van der Waals surface area contributed by atoms with E-state index < -0.39 is 0 Å². The fourth-order valence-corrected chi connectivity index (χ4v) is 2.43. The summed E-state index contributed by atoms with van der Waals surface area (Å²) in [5.41, 5.74) is 2.07. The summed E-state index contributed by atoms with van der Waals surface area (Å²) < 4.78 is 1.73. The molecular weight excluding hydrogens is 284 g/mol. The second kappa shape index (κ2) is 6.24. The fraction of sp³-hybridized carbons (Fsp3) is 0.250. The van der Waals surface area contributed by atoms with Gasteiger partial charge in [0, 0.05) is 17.5 Å². The topological polar surface area (TPSA) is 42.7 Å². The summed E-state index contributed by atoms with van der Waals surface area (Å²) in [7, 11) is 0. The van der Waals surface area contributed by atoms with Crippen molar-refractivity contribution in [1.82, 2.24) is 20.1 Å². The SMILES string of the molecule is CCCNCc1cc2ccccc2nc1-n1cc(Cl)cn1. The van der Waals surface area contributed by atoms with Crippen molar-refractivity contribution in [2.75, 3.05) is 6.54 Å². The molecule has 3 rings (SSSR count). The van der Waals surface area contributed by atoms with Gasteiger partial charge in [-0.25, -0.2) is 9.67 Å². The molecule has 21 heavy (non-hydrogen) atoms. The number of pyridine rings is 1. The number of fused-ring (bicyclic) bond motifs is 1. The Morgan fingerprint density at radius 2 is 2.14 bits per heavy atom. The van der Waals surface area contributed by atoms with E-state index in [-0.39, 0.29) is 0 Å². The first-order valence-electron chi connectivity index (χ1n) is 7.08. The molecule has 0 atom stereocenters. The minimum atomic E-state index is 0.609. The van der Waals surface area contributed by atoms with Crippen LogP contribution in [-0.4, -0.2) is 21.3 Å². The lowest BCUT2D eigenvalue weighted by Gasteiger charge is -2.11. The van der Waals surface area contributed by atoms with Crippen molar-refractivity contribution in [2.45, 2.75) is 19.9 Å². The Morgan fingerprint density at radius 1 is 1.29 bits per heavy atom.